The van der Waals surface area contributed by atoms with Crippen molar-refractivity contribution in [3.8, 4) is 0 Å². The molecule has 0 radical (unpaired) electrons. The van der Waals surface area contributed by atoms with E-state index in [0.29, 0.717) is 6.04 Å². The van der Waals surface area contributed by atoms with E-state index in [-0.39, 0.29) is 5.48 Å². The average molecular weight is 338 g/mol. The number of nitrogens with zero attached hydrogens (tertiary/aromatic N) is 1. The predicted octanol–water partition coefficient (Wildman–Crippen LogP) is 1.16. The zero-order chi connectivity index (χ0) is 14.8. The Bertz CT molecular complexity index is 689. The summed E-state index contributed by atoms with van der Waals surface area (Å²) in [4.78, 5) is 7.88. The molecule has 118 valence electrons. The first-order chi connectivity index (χ1) is 9.33. The van der Waals surface area contributed by atoms with Gasteiger partial charge in [0.15, 0.2) is 0 Å². The number of nitrogens with one attached hydrogen (secondary N) is 2. The van der Waals surface area contributed by atoms with Gasteiger partial charge in [0, 0.05) is 5.02 Å². The third-order valence-corrected chi connectivity index (χ3v) is 3.09. The normalized spacial score (nSPS) is 18.0. The van der Waals surface area contributed by atoms with E-state index in [9.17, 15) is 0 Å². The quantitative estimate of drug-likeness (QED) is 0.574. The fourth-order valence-electron chi connectivity index (χ4n) is 2.08. The maximum atomic E-state index is 8.74. The van der Waals surface area contributed by atoms with Gasteiger partial charge in [-0.15, -0.1) is 0 Å². The minimum Gasteiger partial charge on any atom is -0.412 e. The molecule has 1 aliphatic rings. The number of hydrogen-bond acceptors (Lipinski definition) is 4. The summed E-state index contributed by atoms with van der Waals surface area (Å²) in [6.07, 6.45) is 2.38. The lowest BCUT2D eigenvalue weighted by Gasteiger charge is -2.04. The second-order valence-corrected chi connectivity index (χ2v) is 5.71. The molecule has 1 aromatic carbocycles. The Labute approximate surface area is 126 Å². The molecule has 21 heavy (non-hydrogen) atoms. The number of H-pyrrole nitrogens is 1. The Morgan fingerprint density at radius 3 is 2.57 bits per heavy atom. The molecule has 1 saturated heterocycles. The molecule has 3 rings (SSSR count). The van der Waals surface area contributed by atoms with E-state index < -0.39 is 10.4 Å². The third-order valence-electron chi connectivity index (χ3n) is 2.85. The van der Waals surface area contributed by atoms with Crippen LogP contribution in [0.4, 0.5) is 0 Å². The maximum absolute atomic E-state index is 8.74. The molecule has 2 aromatic rings. The van der Waals surface area contributed by atoms with Crippen LogP contribution in [0, 0.1) is 0 Å². The zero-order valence-electron chi connectivity index (χ0n) is 10.9. The number of imidazole rings is 1. The van der Waals surface area contributed by atoms with Gasteiger partial charge in [0.2, 0.25) is 0 Å². The smallest absolute Gasteiger partial charge is 0.394 e. The van der Waals surface area contributed by atoms with Crippen LogP contribution < -0.4 is 5.32 Å². The third kappa shape index (κ3) is 5.58. The van der Waals surface area contributed by atoms with Gasteiger partial charge < -0.3 is 15.8 Å². The predicted molar refractivity (Wildman–Crippen MR) is 78.9 cm³/mol. The van der Waals surface area contributed by atoms with Crippen molar-refractivity contribution in [1.29, 1.82) is 0 Å². The van der Waals surface area contributed by atoms with Gasteiger partial charge in [-0.1, -0.05) is 11.6 Å². The summed E-state index contributed by atoms with van der Waals surface area (Å²) in [5.41, 5.74) is 2.01. The highest BCUT2D eigenvalue weighted by Crippen LogP contribution is 2.24. The van der Waals surface area contributed by atoms with Gasteiger partial charge in [-0.25, -0.2) is 4.98 Å². The summed E-state index contributed by atoms with van der Waals surface area (Å²) in [5, 5.41) is 4.17. The van der Waals surface area contributed by atoms with Crippen molar-refractivity contribution in [3.05, 3.63) is 29.0 Å². The molecule has 0 amide bonds. The van der Waals surface area contributed by atoms with Gasteiger partial charge in [0.25, 0.3) is 0 Å². The van der Waals surface area contributed by atoms with Crippen LogP contribution in [0.3, 0.4) is 0 Å². The monoisotopic (exact) mass is 337 g/mol. The zero-order valence-corrected chi connectivity index (χ0v) is 12.4. The number of fused-ring (bicyclic) bond motifs is 1. The lowest BCUT2D eigenvalue weighted by molar-refractivity contribution is 0.381. The number of halogens is 1. The first-order valence-electron chi connectivity index (χ1n) is 5.91. The fourth-order valence-corrected chi connectivity index (χ4v) is 2.26. The number of hydrogen-bond donors (Lipinski definition) is 4. The van der Waals surface area contributed by atoms with Crippen LogP contribution in [-0.4, -0.2) is 39.5 Å². The van der Waals surface area contributed by atoms with E-state index in [0.717, 1.165) is 34.8 Å². The molecular weight excluding hydrogens is 322 g/mol. The molecule has 2 heterocycles. The molecule has 1 aliphatic heterocycles. The molecule has 0 saturated carbocycles. The molecular formula is C11H16ClN3O5S. The standard InChI is InChI=1S/C11H12ClN3.H2O4S.H2O/c12-7-3-4-8-10(6-7)15-11(14-8)9-2-1-5-13-9;1-5(2,3)4;/h3-4,6,9,13H,1-2,5H2,(H,14,15);(H2,1,2,3,4);1H2. The van der Waals surface area contributed by atoms with E-state index in [1.165, 1.54) is 6.42 Å². The van der Waals surface area contributed by atoms with Crippen LogP contribution >= 0.6 is 11.6 Å². The van der Waals surface area contributed by atoms with Crippen LogP contribution in [0.2, 0.25) is 5.02 Å². The van der Waals surface area contributed by atoms with Gasteiger partial charge in [-0.3, -0.25) is 9.11 Å². The lowest BCUT2D eigenvalue weighted by Crippen LogP contribution is -2.13. The van der Waals surface area contributed by atoms with E-state index in [1.54, 1.807) is 0 Å². The minimum absolute atomic E-state index is 0. The maximum Gasteiger partial charge on any atom is 0.394 e. The largest absolute Gasteiger partial charge is 0.412 e. The summed E-state index contributed by atoms with van der Waals surface area (Å²) < 4.78 is 31.6. The fraction of sp³-hybridized carbons (Fsp3) is 0.364. The molecule has 1 fully saturated rings. The highest BCUT2D eigenvalue weighted by molar-refractivity contribution is 7.79. The SMILES string of the molecule is Clc1ccc2nc(C3CCCN3)[nH]c2c1.O.O=S(=O)(O)O. The molecule has 1 aromatic heterocycles. The Balaban J connectivity index is 0.000000324. The van der Waals surface area contributed by atoms with Crippen LogP contribution in [0.5, 0.6) is 0 Å². The van der Waals surface area contributed by atoms with Gasteiger partial charge in [0.05, 0.1) is 17.1 Å². The average Bonchev–Trinajstić information content (AvgIpc) is 2.93. The summed E-state index contributed by atoms with van der Waals surface area (Å²) in [6.45, 7) is 1.09. The van der Waals surface area contributed by atoms with E-state index >= 15 is 0 Å². The summed E-state index contributed by atoms with van der Waals surface area (Å²) in [5.74, 6) is 1.03. The summed E-state index contributed by atoms with van der Waals surface area (Å²) >= 11 is 5.92. The summed E-state index contributed by atoms with van der Waals surface area (Å²) in [6, 6.07) is 6.13. The summed E-state index contributed by atoms with van der Waals surface area (Å²) in [7, 11) is -4.67. The Morgan fingerprint density at radius 2 is 2.00 bits per heavy atom. The van der Waals surface area contributed by atoms with E-state index in [1.807, 2.05) is 18.2 Å². The number of benzene rings is 1. The molecule has 8 nitrogen and oxygen atoms in total. The van der Waals surface area contributed by atoms with Crippen LogP contribution in [0.1, 0.15) is 24.7 Å². The van der Waals surface area contributed by atoms with E-state index in [2.05, 4.69) is 15.3 Å². The van der Waals surface area contributed by atoms with Crippen molar-refractivity contribution in [2.45, 2.75) is 18.9 Å². The number of rotatable bonds is 1. The van der Waals surface area contributed by atoms with Crippen molar-refractivity contribution < 1.29 is 23.0 Å². The van der Waals surface area contributed by atoms with Gasteiger partial charge in [-0.2, -0.15) is 8.42 Å². The van der Waals surface area contributed by atoms with Crippen LogP contribution in [0.15, 0.2) is 18.2 Å². The molecule has 0 bridgehead atoms. The Hall–Kier alpha value is -1.23. The van der Waals surface area contributed by atoms with Gasteiger partial charge in [-0.05, 0) is 37.6 Å². The molecule has 6 N–H and O–H groups in total. The first kappa shape index (κ1) is 17.8. The topological polar surface area (TPSA) is 147 Å². The molecule has 10 heteroatoms. The van der Waals surface area contributed by atoms with Gasteiger partial charge in [0.1, 0.15) is 5.82 Å². The van der Waals surface area contributed by atoms with Crippen molar-refractivity contribution in [2.24, 2.45) is 0 Å². The molecule has 0 aliphatic carbocycles. The van der Waals surface area contributed by atoms with Crippen molar-refractivity contribution in [1.82, 2.24) is 15.3 Å². The van der Waals surface area contributed by atoms with Gasteiger partial charge >= 0.3 is 10.4 Å². The Kier molecular flexibility index (Phi) is 6.08. The van der Waals surface area contributed by atoms with Crippen molar-refractivity contribution >= 4 is 33.0 Å². The van der Waals surface area contributed by atoms with Crippen LogP contribution in [0.25, 0.3) is 11.0 Å². The molecule has 0 spiro atoms. The van der Waals surface area contributed by atoms with Crippen molar-refractivity contribution in [3.63, 3.8) is 0 Å². The highest BCUT2D eigenvalue weighted by Gasteiger charge is 2.19. The van der Waals surface area contributed by atoms with Crippen molar-refractivity contribution in [2.75, 3.05) is 6.54 Å². The lowest BCUT2D eigenvalue weighted by atomic mass is 10.2. The number of aromatic nitrogens is 2. The van der Waals surface area contributed by atoms with E-state index in [4.69, 9.17) is 29.1 Å². The minimum atomic E-state index is -4.67. The number of aromatic amines is 1. The second kappa shape index (κ2) is 7.16. The first-order valence-corrected chi connectivity index (χ1v) is 7.69. The Morgan fingerprint density at radius 1 is 1.33 bits per heavy atom. The molecule has 1 unspecified atom stereocenters. The van der Waals surface area contributed by atoms with Crippen LogP contribution in [-0.2, 0) is 10.4 Å². The second-order valence-electron chi connectivity index (χ2n) is 4.38. The highest BCUT2D eigenvalue weighted by atomic mass is 35.5. The molecule has 1 atom stereocenters.